The minimum Gasteiger partial charge on any atom is -0.486 e. The second-order valence-corrected chi connectivity index (χ2v) is 10.6. The van der Waals surface area contributed by atoms with Crippen molar-refractivity contribution < 1.29 is 27.8 Å². The number of ether oxygens (including phenoxy) is 2. The van der Waals surface area contributed by atoms with Crippen molar-refractivity contribution in [2.75, 3.05) is 23.7 Å². The summed E-state index contributed by atoms with van der Waals surface area (Å²) in [5, 5.41) is 15.6. The number of hydrogen-bond donors (Lipinski definition) is 3. The molecule has 2 aliphatic heterocycles. The first kappa shape index (κ1) is 24.9. The molecule has 196 valence electrons. The number of rotatable bonds is 8. The van der Waals surface area contributed by atoms with Crippen molar-refractivity contribution in [1.82, 2.24) is 14.9 Å². The third-order valence-corrected chi connectivity index (χ3v) is 7.52. The number of nitrogens with zero attached hydrogens (tertiary/aromatic N) is 3. The van der Waals surface area contributed by atoms with Crippen LogP contribution in [-0.2, 0) is 0 Å². The number of benzene rings is 1. The van der Waals surface area contributed by atoms with Gasteiger partial charge >= 0.3 is 6.61 Å². The van der Waals surface area contributed by atoms with Crippen LogP contribution in [0.4, 0.5) is 30.6 Å². The van der Waals surface area contributed by atoms with Gasteiger partial charge in [-0.05, 0) is 43.4 Å². The fraction of sp³-hybridized carbons (Fsp3) is 0.600. The third kappa shape index (κ3) is 5.46. The van der Waals surface area contributed by atoms with Crippen molar-refractivity contribution in [3.05, 3.63) is 30.2 Å². The molecule has 2 aromatic rings. The van der Waals surface area contributed by atoms with E-state index in [-0.39, 0.29) is 40.8 Å². The number of aromatic nitrogens is 2. The van der Waals surface area contributed by atoms with Gasteiger partial charge in [-0.25, -0.2) is 9.37 Å². The summed E-state index contributed by atoms with van der Waals surface area (Å²) in [7, 11) is 0. The van der Waals surface area contributed by atoms with Crippen molar-refractivity contribution in [3.63, 3.8) is 0 Å². The van der Waals surface area contributed by atoms with Gasteiger partial charge in [-0.15, -0.1) is 0 Å². The molecule has 3 N–H and O–H groups in total. The lowest BCUT2D eigenvalue weighted by atomic mass is 9.80. The molecule has 2 atom stereocenters. The summed E-state index contributed by atoms with van der Waals surface area (Å²) >= 11 is 0. The molecule has 3 fully saturated rings. The van der Waals surface area contributed by atoms with Crippen LogP contribution in [0.3, 0.4) is 0 Å². The summed E-state index contributed by atoms with van der Waals surface area (Å²) in [5.74, 6) is -0.323. The minimum atomic E-state index is -3.04. The molecule has 11 heteroatoms. The molecule has 1 saturated carbocycles. The van der Waals surface area contributed by atoms with Gasteiger partial charge in [0.2, 0.25) is 5.95 Å². The van der Waals surface area contributed by atoms with Gasteiger partial charge in [-0.2, -0.15) is 13.8 Å². The SMILES string of the molecule is CC1(C)CCN2CC[C@H](Nc3nc(Nc4ccc(OC5CC(O)C5)c(OC(F)F)c4)ncc3F)C[C@H]21. The molecular formula is C25H32F3N5O3. The summed E-state index contributed by atoms with van der Waals surface area (Å²) in [4.78, 5) is 10.8. The van der Waals surface area contributed by atoms with Crippen LogP contribution in [0.25, 0.3) is 0 Å². The Hall–Kier alpha value is -2.79. The molecule has 0 bridgehead atoms. The number of fused-ring (bicyclic) bond motifs is 1. The van der Waals surface area contributed by atoms with Crippen LogP contribution in [0, 0.1) is 11.2 Å². The normalized spacial score (nSPS) is 27.3. The predicted octanol–water partition coefficient (Wildman–Crippen LogP) is 4.54. The Kier molecular flexibility index (Phi) is 6.86. The highest BCUT2D eigenvalue weighted by atomic mass is 19.3. The van der Waals surface area contributed by atoms with Crippen LogP contribution in [0.15, 0.2) is 24.4 Å². The molecule has 8 nitrogen and oxygen atoms in total. The van der Waals surface area contributed by atoms with Crippen molar-refractivity contribution in [2.45, 2.75) is 76.9 Å². The van der Waals surface area contributed by atoms with Gasteiger partial charge in [0.1, 0.15) is 6.10 Å². The maximum absolute atomic E-state index is 14.6. The van der Waals surface area contributed by atoms with E-state index in [0.29, 0.717) is 24.6 Å². The molecule has 0 radical (unpaired) electrons. The topological polar surface area (TPSA) is 91.8 Å². The molecule has 0 unspecified atom stereocenters. The number of nitrogens with one attached hydrogen (secondary N) is 2. The summed E-state index contributed by atoms with van der Waals surface area (Å²) < 4.78 is 50.9. The van der Waals surface area contributed by atoms with Crippen LogP contribution >= 0.6 is 0 Å². The Morgan fingerprint density at radius 3 is 2.72 bits per heavy atom. The lowest BCUT2D eigenvalue weighted by Gasteiger charge is -2.40. The second-order valence-electron chi connectivity index (χ2n) is 10.6. The Balaban J connectivity index is 1.28. The number of alkyl halides is 2. The van der Waals surface area contributed by atoms with E-state index >= 15 is 0 Å². The first-order valence-corrected chi connectivity index (χ1v) is 12.4. The maximum atomic E-state index is 14.6. The number of hydrogen-bond acceptors (Lipinski definition) is 8. The maximum Gasteiger partial charge on any atom is 0.387 e. The molecule has 1 aliphatic carbocycles. The highest BCUT2D eigenvalue weighted by Gasteiger charge is 2.43. The van der Waals surface area contributed by atoms with E-state index in [1.54, 1.807) is 6.07 Å². The highest BCUT2D eigenvalue weighted by molar-refractivity contribution is 5.60. The van der Waals surface area contributed by atoms with Crippen molar-refractivity contribution in [3.8, 4) is 11.5 Å². The zero-order chi connectivity index (χ0) is 25.4. The van der Waals surface area contributed by atoms with Gasteiger partial charge in [0.25, 0.3) is 0 Å². The first-order chi connectivity index (χ1) is 17.2. The summed E-state index contributed by atoms with van der Waals surface area (Å²) in [5.41, 5.74) is 0.606. The standard InChI is InChI=1S/C25H32F3N5O3/c1-25(2)6-8-33-7-5-15(10-21(25)33)30-22-18(26)13-29-24(32-22)31-14-3-4-19(20(9-14)36-23(27)28)35-17-11-16(34)12-17/h3-4,9,13,15-17,21,23,34H,5-8,10-12H2,1-2H3,(H2,29,30,31,32)/t15-,16?,17?,21-/m0/s1. The van der Waals surface area contributed by atoms with Gasteiger partial charge in [-0.1, -0.05) is 13.8 Å². The molecule has 0 spiro atoms. The third-order valence-electron chi connectivity index (χ3n) is 7.52. The second kappa shape index (κ2) is 9.93. The largest absolute Gasteiger partial charge is 0.486 e. The number of aliphatic hydroxyl groups excluding tert-OH is 1. The van der Waals surface area contributed by atoms with Gasteiger partial charge in [0.05, 0.1) is 12.3 Å². The molecule has 0 amide bonds. The Bertz CT molecular complexity index is 1080. The summed E-state index contributed by atoms with van der Waals surface area (Å²) in [6, 6.07) is 5.01. The average molecular weight is 508 g/mol. The highest BCUT2D eigenvalue weighted by Crippen LogP contribution is 2.41. The van der Waals surface area contributed by atoms with Crippen LogP contribution in [0.5, 0.6) is 11.5 Å². The Morgan fingerprint density at radius 2 is 1.97 bits per heavy atom. The Morgan fingerprint density at radius 1 is 1.17 bits per heavy atom. The lowest BCUT2D eigenvalue weighted by molar-refractivity contribution is -0.0557. The number of halogens is 3. The first-order valence-electron chi connectivity index (χ1n) is 12.4. The van der Waals surface area contributed by atoms with Crippen molar-refractivity contribution >= 4 is 17.5 Å². The average Bonchev–Trinajstić information content (AvgIpc) is 3.10. The summed E-state index contributed by atoms with van der Waals surface area (Å²) in [6.07, 6.45) is 4.22. The van der Waals surface area contributed by atoms with Crippen molar-refractivity contribution in [1.29, 1.82) is 0 Å². The van der Waals surface area contributed by atoms with E-state index in [1.165, 1.54) is 12.1 Å². The molecular weight excluding hydrogens is 475 g/mol. The van der Waals surface area contributed by atoms with Crippen LogP contribution in [-0.4, -0.2) is 64.0 Å². The van der Waals surface area contributed by atoms with Gasteiger partial charge in [-0.3, -0.25) is 4.90 Å². The summed E-state index contributed by atoms with van der Waals surface area (Å²) in [6.45, 7) is 3.59. The van der Waals surface area contributed by atoms with E-state index in [2.05, 4.69) is 44.1 Å². The fourth-order valence-corrected chi connectivity index (χ4v) is 5.36. The quantitative estimate of drug-likeness (QED) is 0.480. The van der Waals surface area contributed by atoms with Crippen LogP contribution < -0.4 is 20.1 Å². The van der Waals surface area contributed by atoms with Crippen LogP contribution in [0.2, 0.25) is 0 Å². The molecule has 1 aromatic carbocycles. The Labute approximate surface area is 208 Å². The van der Waals surface area contributed by atoms with Gasteiger partial charge in [0.15, 0.2) is 23.1 Å². The molecule has 3 aliphatic rings. The number of anilines is 3. The minimum absolute atomic E-state index is 0.0911. The predicted molar refractivity (Wildman–Crippen MR) is 128 cm³/mol. The van der Waals surface area contributed by atoms with E-state index in [0.717, 1.165) is 38.5 Å². The van der Waals surface area contributed by atoms with E-state index in [1.807, 2.05) is 0 Å². The van der Waals surface area contributed by atoms with E-state index < -0.39 is 18.5 Å². The van der Waals surface area contributed by atoms with Crippen LogP contribution in [0.1, 0.15) is 46.0 Å². The zero-order valence-corrected chi connectivity index (χ0v) is 20.4. The lowest BCUT2D eigenvalue weighted by Crippen LogP contribution is -2.47. The molecule has 36 heavy (non-hydrogen) atoms. The zero-order valence-electron chi connectivity index (χ0n) is 20.4. The van der Waals surface area contributed by atoms with E-state index in [4.69, 9.17) is 4.74 Å². The smallest absolute Gasteiger partial charge is 0.387 e. The molecule has 5 rings (SSSR count). The molecule has 2 saturated heterocycles. The van der Waals surface area contributed by atoms with Crippen molar-refractivity contribution in [2.24, 2.45) is 5.41 Å². The van der Waals surface area contributed by atoms with E-state index in [9.17, 15) is 18.3 Å². The fourth-order valence-electron chi connectivity index (χ4n) is 5.36. The molecule has 3 heterocycles. The van der Waals surface area contributed by atoms with Gasteiger partial charge in [0, 0.05) is 43.2 Å². The molecule has 1 aromatic heterocycles. The number of aliphatic hydroxyl groups is 1. The van der Waals surface area contributed by atoms with Gasteiger partial charge < -0.3 is 25.2 Å². The monoisotopic (exact) mass is 507 g/mol. The number of piperidine rings is 1.